The molecule has 5 N–H and O–H groups in total. The van der Waals surface area contributed by atoms with Crippen LogP contribution >= 0.6 is 0 Å². The maximum Gasteiger partial charge on any atom is 0.278 e. The molecule has 0 radical (unpaired) electrons. The molecule has 0 spiro atoms. The van der Waals surface area contributed by atoms with Crippen molar-refractivity contribution in [3.8, 4) is 11.6 Å². The van der Waals surface area contributed by atoms with Gasteiger partial charge in [0.2, 0.25) is 11.7 Å². The van der Waals surface area contributed by atoms with Crippen molar-refractivity contribution in [2.45, 2.75) is 46.7 Å². The lowest BCUT2D eigenvalue weighted by molar-refractivity contribution is -0.126. The Balaban J connectivity index is 0.000000254. The Hall–Kier alpha value is -6.70. The van der Waals surface area contributed by atoms with Crippen LogP contribution in [0.1, 0.15) is 38.3 Å². The highest BCUT2D eigenvalue weighted by molar-refractivity contribution is 6.10. The van der Waals surface area contributed by atoms with Gasteiger partial charge in [0.05, 0.1) is 30.2 Å². The number of carbonyl (C=O) groups is 2. The maximum absolute atomic E-state index is 12.6. The molecule has 1 aliphatic rings. The zero-order chi connectivity index (χ0) is 41.5. The van der Waals surface area contributed by atoms with Gasteiger partial charge in [0.15, 0.2) is 11.7 Å². The molecule has 2 unspecified atom stereocenters. The van der Waals surface area contributed by atoms with Crippen molar-refractivity contribution in [3.05, 3.63) is 112 Å². The van der Waals surface area contributed by atoms with Crippen molar-refractivity contribution in [3.63, 3.8) is 0 Å². The first kappa shape index (κ1) is 43.0. The Morgan fingerprint density at radius 2 is 1.75 bits per heavy atom. The number of carbonyl (C=O) groups excluding carboxylic acids is 2. The second-order valence-corrected chi connectivity index (χ2v) is 13.1. The van der Waals surface area contributed by atoms with Crippen LogP contribution in [0.3, 0.4) is 0 Å². The van der Waals surface area contributed by atoms with E-state index in [0.717, 1.165) is 41.0 Å². The number of fused-ring (bicyclic) bond motifs is 1. The van der Waals surface area contributed by atoms with Crippen molar-refractivity contribution < 1.29 is 24.2 Å². The third kappa shape index (κ3) is 11.9. The molecule has 3 aromatic carbocycles. The van der Waals surface area contributed by atoms with Crippen LogP contribution < -0.4 is 31.6 Å². The fraction of sp³-hybridized carbons (Fsp3) is 0.317. The number of hydrogen-bond donors (Lipinski definition) is 5. The normalized spacial score (nSPS) is 12.8. The molecule has 4 aromatic rings. The van der Waals surface area contributed by atoms with E-state index < -0.39 is 23.3 Å². The molecule has 1 aliphatic heterocycles. The summed E-state index contributed by atoms with van der Waals surface area (Å²) < 4.78 is 11.6. The summed E-state index contributed by atoms with van der Waals surface area (Å²) in [5.74, 6) is 0.418. The molecule has 57 heavy (non-hydrogen) atoms. The summed E-state index contributed by atoms with van der Waals surface area (Å²) in [7, 11) is 2.97. The lowest BCUT2D eigenvalue weighted by Crippen LogP contribution is -2.31. The molecular formula is C41H48N10O6. The van der Waals surface area contributed by atoms with Crippen LogP contribution in [0.4, 0.5) is 39.8 Å². The number of aromatic hydroxyl groups is 1. The van der Waals surface area contributed by atoms with Gasteiger partial charge in [0.1, 0.15) is 29.6 Å². The number of nitrogens with one attached hydrogen (secondary N) is 4. The van der Waals surface area contributed by atoms with Gasteiger partial charge in [0, 0.05) is 26.4 Å². The molecule has 0 bridgehead atoms. The summed E-state index contributed by atoms with van der Waals surface area (Å²) in [4.78, 5) is 40.2. The number of Topliss-reactive ketones (excluding diaryl/α,β-unsaturated/α-hetero) is 1. The molecule has 0 saturated heterocycles. The number of benzene rings is 3. The topological polar surface area (TPSA) is 197 Å². The van der Waals surface area contributed by atoms with Crippen LogP contribution in [0, 0.1) is 19.4 Å². The molecule has 1 amide bonds. The van der Waals surface area contributed by atoms with Crippen molar-refractivity contribution in [1.29, 1.82) is 0 Å². The van der Waals surface area contributed by atoms with Crippen LogP contribution in [0.5, 0.6) is 11.6 Å². The third-order valence-corrected chi connectivity index (χ3v) is 8.76. The summed E-state index contributed by atoms with van der Waals surface area (Å²) >= 11 is 0. The number of pyridine rings is 1. The standard InChI is InChI=1S/C21H23N5O4.C20H25N5O2/c1-13(27)20(26-25-17-6-4-5-7-19(17)30-11-10-29-3)21(28)24-15-8-9-16-18(12-15)23-14(2)22-16;1-6-13(2)11-22-12-15-7-9-16(10-8-15)23-24-18-14(3)17(21-4)19(26)25(5)20(18)27/h4-9,12,20,22-23H,2,10-11H2,1,3H3,(H,24,28);7-10,13,22,26H,6,11-12H2,1-3,5H3. The number of azo groups is 2. The number of amides is 1. The summed E-state index contributed by atoms with van der Waals surface area (Å²) in [6.45, 7) is 20.8. The van der Waals surface area contributed by atoms with E-state index in [1.54, 1.807) is 56.5 Å². The van der Waals surface area contributed by atoms with Gasteiger partial charge in [-0.3, -0.25) is 19.0 Å². The molecule has 16 heteroatoms. The van der Waals surface area contributed by atoms with E-state index in [1.165, 1.54) is 14.0 Å². The van der Waals surface area contributed by atoms with Crippen LogP contribution in [-0.2, 0) is 27.9 Å². The zero-order valence-electron chi connectivity index (χ0n) is 32.9. The SMILES string of the molecule is C=C1Nc2ccc(NC(=O)C(N=Nc3ccccc3OCCOC)C(C)=O)cc2N1.[C-]#[N+]c1c(C)c(N=Nc2ccc(CNCC(C)CC)cc2)c(=O)n(C)c1O. The number of nitrogens with zero attached hydrogens (tertiary/aromatic N) is 6. The molecule has 1 aromatic heterocycles. The van der Waals surface area contributed by atoms with E-state index in [2.05, 4.69) is 67.0 Å². The molecular weight excluding hydrogens is 729 g/mol. The predicted molar refractivity (Wildman–Crippen MR) is 220 cm³/mol. The highest BCUT2D eigenvalue weighted by Crippen LogP contribution is 2.34. The maximum atomic E-state index is 12.6. The van der Waals surface area contributed by atoms with Gasteiger partial charge in [0.25, 0.3) is 11.5 Å². The quantitative estimate of drug-likeness (QED) is 0.0322. The highest BCUT2D eigenvalue weighted by Gasteiger charge is 2.24. The van der Waals surface area contributed by atoms with Crippen molar-refractivity contribution in [2.24, 2.45) is 33.4 Å². The van der Waals surface area contributed by atoms with Gasteiger partial charge in [-0.25, -0.2) is 4.85 Å². The van der Waals surface area contributed by atoms with E-state index >= 15 is 0 Å². The van der Waals surface area contributed by atoms with Crippen LogP contribution in [0.15, 0.2) is 104 Å². The van der Waals surface area contributed by atoms with Crippen molar-refractivity contribution in [2.75, 3.05) is 42.8 Å². The zero-order valence-corrected chi connectivity index (χ0v) is 32.9. The lowest BCUT2D eigenvalue weighted by atomic mass is 10.1. The molecule has 2 heterocycles. The minimum absolute atomic E-state index is 0.00813. The van der Waals surface area contributed by atoms with Gasteiger partial charge >= 0.3 is 0 Å². The number of ketones is 1. The number of para-hydroxylation sites is 1. The Morgan fingerprint density at radius 1 is 1.04 bits per heavy atom. The first-order chi connectivity index (χ1) is 27.4. The largest absolute Gasteiger partial charge is 0.503 e. The summed E-state index contributed by atoms with van der Waals surface area (Å²) in [5.41, 5.74) is 4.21. The molecule has 2 atom stereocenters. The van der Waals surface area contributed by atoms with Crippen molar-refractivity contribution >= 4 is 51.5 Å². The Morgan fingerprint density at radius 3 is 2.44 bits per heavy atom. The fourth-order valence-electron chi connectivity index (χ4n) is 5.24. The van der Waals surface area contributed by atoms with E-state index in [1.807, 2.05) is 24.3 Å². The van der Waals surface area contributed by atoms with Gasteiger partial charge < -0.3 is 35.8 Å². The van der Waals surface area contributed by atoms with E-state index in [-0.39, 0.29) is 17.3 Å². The highest BCUT2D eigenvalue weighted by atomic mass is 16.5. The van der Waals surface area contributed by atoms with Gasteiger partial charge in [-0.15, -0.1) is 5.11 Å². The van der Waals surface area contributed by atoms with Crippen molar-refractivity contribution in [1.82, 2.24) is 9.88 Å². The van der Waals surface area contributed by atoms with Crippen LogP contribution in [-0.4, -0.2) is 54.3 Å². The smallest absolute Gasteiger partial charge is 0.278 e. The number of aromatic nitrogens is 1. The average molecular weight is 777 g/mol. The number of anilines is 3. The van der Waals surface area contributed by atoms with Crippen LogP contribution in [0.25, 0.3) is 4.85 Å². The van der Waals surface area contributed by atoms with Crippen LogP contribution in [0.2, 0.25) is 0 Å². The molecule has 0 aliphatic carbocycles. The minimum Gasteiger partial charge on any atom is -0.503 e. The first-order valence-electron chi connectivity index (χ1n) is 18.2. The Kier molecular flexibility index (Phi) is 15.7. The average Bonchev–Trinajstić information content (AvgIpc) is 3.57. The molecule has 298 valence electrons. The predicted octanol–water partition coefficient (Wildman–Crippen LogP) is 8.20. The molecule has 0 fully saturated rings. The van der Waals surface area contributed by atoms with Gasteiger partial charge in [-0.05, 0) is 79.9 Å². The summed E-state index contributed by atoms with van der Waals surface area (Å²) in [6.07, 6.45) is 1.15. The lowest BCUT2D eigenvalue weighted by Gasteiger charge is -2.11. The number of rotatable bonds is 16. The molecule has 16 nitrogen and oxygen atoms in total. The van der Waals surface area contributed by atoms with E-state index in [9.17, 15) is 19.5 Å². The fourth-order valence-corrected chi connectivity index (χ4v) is 5.24. The summed E-state index contributed by atoms with van der Waals surface area (Å²) in [5, 5.41) is 38.3. The second-order valence-electron chi connectivity index (χ2n) is 13.1. The monoisotopic (exact) mass is 776 g/mol. The van der Waals surface area contributed by atoms with E-state index in [4.69, 9.17) is 16.0 Å². The Labute approximate surface area is 331 Å². The first-order valence-corrected chi connectivity index (χ1v) is 18.2. The van der Waals surface area contributed by atoms with Gasteiger partial charge in [-0.1, -0.05) is 51.1 Å². The minimum atomic E-state index is -1.29. The number of hydrogen-bond acceptors (Lipinski definition) is 13. The second kappa shape index (κ2) is 20.8. The number of ether oxygens (including phenoxy) is 2. The van der Waals surface area contributed by atoms with Gasteiger partial charge in [-0.2, -0.15) is 15.3 Å². The summed E-state index contributed by atoms with van der Waals surface area (Å²) in [6, 6.07) is 18.5. The Bertz CT molecular complexity index is 2230. The number of methoxy groups -OCH3 is 1. The molecule has 5 rings (SSSR count). The van der Waals surface area contributed by atoms with E-state index in [0.29, 0.717) is 53.3 Å². The third-order valence-electron chi connectivity index (χ3n) is 8.76. The molecule has 0 saturated carbocycles.